The summed E-state index contributed by atoms with van der Waals surface area (Å²) in [5.41, 5.74) is 4.06. The molecule has 80 valence electrons. The molecule has 0 amide bonds. The quantitative estimate of drug-likeness (QED) is 0.487. The summed E-state index contributed by atoms with van der Waals surface area (Å²) in [6.45, 7) is 6.38. The van der Waals surface area contributed by atoms with Crippen molar-refractivity contribution in [2.24, 2.45) is 0 Å². The molecule has 0 aromatic heterocycles. The smallest absolute Gasteiger partial charge is 0.223 e. The van der Waals surface area contributed by atoms with Gasteiger partial charge in [0.2, 0.25) is 10.9 Å². The average molecular weight is 217 g/mol. The minimum Gasteiger partial charge on any atom is -0.302 e. The summed E-state index contributed by atoms with van der Waals surface area (Å²) >= 11 is 0. The zero-order chi connectivity index (χ0) is 11.1. The molecule has 1 aromatic carbocycles. The zero-order valence-corrected chi connectivity index (χ0v) is 9.34. The summed E-state index contributed by atoms with van der Waals surface area (Å²) < 4.78 is 18.1. The molecule has 0 heterocycles. The number of hydrogen-bond acceptors (Lipinski definition) is 3. The highest BCUT2D eigenvalue weighted by Crippen LogP contribution is 2.06. The summed E-state index contributed by atoms with van der Waals surface area (Å²) in [6.07, 6.45) is 0. The normalized spacial score (nSPS) is 9.50. The molecule has 2 N–H and O–H groups in total. The van der Waals surface area contributed by atoms with E-state index in [-0.39, 0.29) is 0 Å². The van der Waals surface area contributed by atoms with E-state index in [0.717, 1.165) is 4.89 Å². The van der Waals surface area contributed by atoms with Gasteiger partial charge in [0.05, 0.1) is 0 Å². The zero-order valence-electron chi connectivity index (χ0n) is 8.44. The van der Waals surface area contributed by atoms with Crippen LogP contribution in [0.25, 0.3) is 0 Å². The predicted octanol–water partition coefficient (Wildman–Crippen LogP) is 1.10. The number of rotatable bonds is 1. The van der Waals surface area contributed by atoms with Crippen LogP contribution >= 0.6 is 0 Å². The molecule has 1 aromatic rings. The second kappa shape index (κ2) is 6.53. The monoisotopic (exact) mass is 217 g/mol. The topological polar surface area (TPSA) is 66.4 Å². The van der Waals surface area contributed by atoms with Gasteiger partial charge in [-0.25, -0.2) is 8.42 Å². The second-order valence-corrected chi connectivity index (χ2v) is 3.74. The molecule has 0 aliphatic rings. The van der Waals surface area contributed by atoms with E-state index in [1.165, 1.54) is 16.7 Å². The van der Waals surface area contributed by atoms with Crippen molar-refractivity contribution in [3.63, 3.8) is 0 Å². The molecule has 0 saturated heterocycles. The van der Waals surface area contributed by atoms with Crippen LogP contribution in [0.15, 0.2) is 18.2 Å². The number of thiol groups is 1. The van der Waals surface area contributed by atoms with E-state index in [2.05, 4.69) is 39.0 Å². The van der Waals surface area contributed by atoms with E-state index in [9.17, 15) is 0 Å². The van der Waals surface area contributed by atoms with Crippen molar-refractivity contribution in [3.05, 3.63) is 34.9 Å². The molecule has 0 bridgehead atoms. The maximum atomic E-state index is 9.04. The van der Waals surface area contributed by atoms with Crippen LogP contribution < -0.4 is 4.89 Å². The number of hydrogen-bond donors (Lipinski definition) is 3. The van der Waals surface area contributed by atoms with Crippen molar-refractivity contribution < 1.29 is 13.6 Å². The Kier molecular flexibility index (Phi) is 6.11. The highest BCUT2D eigenvalue weighted by atomic mass is 32.2. The van der Waals surface area contributed by atoms with E-state index in [1.807, 2.05) is 0 Å². The fraction of sp³-hybridized carbons (Fsp3) is 0.333. The fourth-order valence-corrected chi connectivity index (χ4v) is 1.20. The van der Waals surface area contributed by atoms with Crippen LogP contribution in [-0.4, -0.2) is 13.6 Å². The lowest BCUT2D eigenvalue weighted by Crippen LogP contribution is -2.00. The van der Waals surface area contributed by atoms with Crippen molar-refractivity contribution in [2.75, 3.05) is 0 Å². The largest absolute Gasteiger partial charge is 0.302 e. The van der Waals surface area contributed by atoms with Crippen LogP contribution in [0.1, 0.15) is 16.7 Å². The van der Waals surface area contributed by atoms with E-state index in [1.54, 1.807) is 0 Å². The first kappa shape index (κ1) is 13.1. The Labute approximate surface area is 85.6 Å². The van der Waals surface area contributed by atoms with Gasteiger partial charge in [-0.2, -0.15) is 0 Å². The summed E-state index contributed by atoms with van der Waals surface area (Å²) in [5, 5.41) is 7.30. The molecule has 14 heavy (non-hydrogen) atoms. The first-order chi connectivity index (χ1) is 6.45. The molecule has 5 heteroatoms. The standard InChI is InChI=1S/C9H12.H3NO3S/c1-7-4-8(2)6-9(3)5-7;2-1-5(3)4/h4-6H,1-3H3;2,5H,(H,1,3,4). The minimum absolute atomic E-state index is 0.981. The molecular weight excluding hydrogens is 202 g/mol. The molecular formula is C9H15NO3S. The van der Waals surface area contributed by atoms with Gasteiger partial charge in [0.15, 0.2) is 0 Å². The van der Waals surface area contributed by atoms with Gasteiger partial charge in [0.25, 0.3) is 0 Å². The molecule has 0 atom stereocenters. The maximum Gasteiger partial charge on any atom is 0.223 e. The van der Waals surface area contributed by atoms with Crippen LogP contribution in [-0.2, 0) is 10.9 Å². The third kappa shape index (κ3) is 6.59. The number of nitrogens with one attached hydrogen (secondary N) is 1. The molecule has 0 spiro atoms. The lowest BCUT2D eigenvalue weighted by molar-refractivity contribution is 0.247. The van der Waals surface area contributed by atoms with E-state index < -0.39 is 10.9 Å². The summed E-state index contributed by atoms with van der Waals surface area (Å²) in [4.78, 5) is 0.981. The van der Waals surface area contributed by atoms with Gasteiger partial charge in [-0.15, -0.1) is 0 Å². The Bertz CT molecular complexity index is 303. The average Bonchev–Trinajstić information content (AvgIpc) is 2.02. The Balaban J connectivity index is 0.000000292. The van der Waals surface area contributed by atoms with Crippen LogP contribution in [0.4, 0.5) is 0 Å². The third-order valence-corrected chi connectivity index (χ3v) is 1.61. The molecule has 0 fully saturated rings. The molecule has 0 radical (unpaired) electrons. The Morgan fingerprint density at radius 3 is 1.36 bits per heavy atom. The van der Waals surface area contributed by atoms with Gasteiger partial charge in [-0.1, -0.05) is 39.8 Å². The van der Waals surface area contributed by atoms with Crippen molar-refractivity contribution in [2.45, 2.75) is 20.8 Å². The Morgan fingerprint density at radius 2 is 1.21 bits per heavy atom. The summed E-state index contributed by atoms with van der Waals surface area (Å²) in [6, 6.07) is 6.56. The Hall–Kier alpha value is -0.910. The molecule has 0 aliphatic carbocycles. The molecule has 0 unspecified atom stereocenters. The van der Waals surface area contributed by atoms with Crippen LogP contribution in [0.3, 0.4) is 0 Å². The summed E-state index contributed by atoms with van der Waals surface area (Å²) in [7, 11) is -2.79. The lowest BCUT2D eigenvalue weighted by atomic mass is 10.1. The van der Waals surface area contributed by atoms with Gasteiger partial charge in [-0.05, 0) is 20.8 Å². The second-order valence-electron chi connectivity index (χ2n) is 3.02. The minimum atomic E-state index is -2.79. The van der Waals surface area contributed by atoms with Gasteiger partial charge in [0.1, 0.15) is 0 Å². The van der Waals surface area contributed by atoms with Gasteiger partial charge in [0, 0.05) is 0 Å². The van der Waals surface area contributed by atoms with Crippen LogP contribution in [0.2, 0.25) is 0 Å². The first-order valence-electron chi connectivity index (χ1n) is 4.04. The number of aryl methyl sites for hydroxylation is 3. The highest BCUT2D eigenvalue weighted by Gasteiger charge is 1.87. The van der Waals surface area contributed by atoms with Crippen molar-refractivity contribution >= 4 is 10.9 Å². The fourth-order valence-electron chi connectivity index (χ4n) is 1.20. The number of benzene rings is 1. The third-order valence-electron chi connectivity index (χ3n) is 1.45. The molecule has 1 rings (SSSR count). The van der Waals surface area contributed by atoms with E-state index in [0.29, 0.717) is 0 Å². The first-order valence-corrected chi connectivity index (χ1v) is 5.22. The Morgan fingerprint density at radius 1 is 1.00 bits per heavy atom. The van der Waals surface area contributed by atoms with Gasteiger partial charge < -0.3 is 5.21 Å². The van der Waals surface area contributed by atoms with E-state index >= 15 is 0 Å². The van der Waals surface area contributed by atoms with Gasteiger partial charge >= 0.3 is 0 Å². The maximum absolute atomic E-state index is 9.04. The highest BCUT2D eigenvalue weighted by molar-refractivity contribution is 7.70. The molecule has 0 saturated carbocycles. The van der Waals surface area contributed by atoms with Crippen LogP contribution in [0, 0.1) is 20.8 Å². The summed E-state index contributed by atoms with van der Waals surface area (Å²) in [5.74, 6) is 0. The predicted molar refractivity (Wildman–Crippen MR) is 55.9 cm³/mol. The lowest BCUT2D eigenvalue weighted by Gasteiger charge is -1.96. The van der Waals surface area contributed by atoms with Gasteiger partial charge in [-0.3, -0.25) is 0 Å². The van der Waals surface area contributed by atoms with Crippen molar-refractivity contribution in [3.8, 4) is 0 Å². The van der Waals surface area contributed by atoms with E-state index in [4.69, 9.17) is 13.6 Å². The van der Waals surface area contributed by atoms with Crippen molar-refractivity contribution in [1.82, 2.24) is 4.89 Å². The SMILES string of the molecule is Cc1cc(C)cc(C)c1.O=[SH](=O)NO. The molecule has 0 aliphatic heterocycles. The molecule has 4 nitrogen and oxygen atoms in total. The van der Waals surface area contributed by atoms with Crippen LogP contribution in [0.5, 0.6) is 0 Å². The van der Waals surface area contributed by atoms with Crippen molar-refractivity contribution in [1.29, 1.82) is 0 Å².